The van der Waals surface area contributed by atoms with Crippen molar-refractivity contribution >= 4 is 12.3 Å². The number of hydrogen-bond acceptors (Lipinski definition) is 3. The van der Waals surface area contributed by atoms with Crippen LogP contribution in [0.4, 0.5) is 0 Å². The minimum Gasteiger partial charge on any atom is -0.493 e. The zero-order chi connectivity index (χ0) is 10.7. The third-order valence-electron chi connectivity index (χ3n) is 2.22. The molecule has 78 valence electrons. The van der Waals surface area contributed by atoms with Crippen LogP contribution in [0.3, 0.4) is 0 Å². The van der Waals surface area contributed by atoms with Crippen LogP contribution in [0.1, 0.15) is 0 Å². The molecule has 0 unspecified atom stereocenters. The standard InChI is InChI=1S/C12H12O3/c1-13-11-6-9-4-3-5-15-8-10(9)7-12(11)14-2/h3-8H,1-2H3. The van der Waals surface area contributed by atoms with Gasteiger partial charge in [0.2, 0.25) is 0 Å². The number of hydrogen-bond donors (Lipinski definition) is 0. The molecule has 3 nitrogen and oxygen atoms in total. The van der Waals surface area contributed by atoms with Crippen LogP contribution in [0.25, 0.3) is 12.3 Å². The van der Waals surface area contributed by atoms with Crippen molar-refractivity contribution < 1.29 is 14.2 Å². The lowest BCUT2D eigenvalue weighted by Gasteiger charge is -2.06. The van der Waals surface area contributed by atoms with Crippen LogP contribution in [0, 0.1) is 0 Å². The Kier molecular flexibility index (Phi) is 2.63. The minimum absolute atomic E-state index is 0.700. The van der Waals surface area contributed by atoms with Crippen molar-refractivity contribution in [2.75, 3.05) is 14.2 Å². The average molecular weight is 204 g/mol. The molecule has 0 atom stereocenters. The van der Waals surface area contributed by atoms with E-state index in [1.165, 1.54) is 0 Å². The summed E-state index contributed by atoms with van der Waals surface area (Å²) in [7, 11) is 3.24. The highest BCUT2D eigenvalue weighted by Crippen LogP contribution is 2.21. The first-order valence-corrected chi connectivity index (χ1v) is 4.59. The van der Waals surface area contributed by atoms with Crippen LogP contribution in [-0.4, -0.2) is 14.2 Å². The van der Waals surface area contributed by atoms with Crippen LogP contribution in [0.15, 0.2) is 24.5 Å². The number of allylic oxidation sites excluding steroid dienone is 1. The first kappa shape index (κ1) is 9.65. The van der Waals surface area contributed by atoms with Gasteiger partial charge in [-0.3, -0.25) is 0 Å². The predicted molar refractivity (Wildman–Crippen MR) is 58.0 cm³/mol. The molecule has 0 aliphatic carbocycles. The van der Waals surface area contributed by atoms with E-state index in [1.807, 2.05) is 24.3 Å². The van der Waals surface area contributed by atoms with Gasteiger partial charge in [0, 0.05) is 5.22 Å². The molecule has 1 aromatic rings. The van der Waals surface area contributed by atoms with Gasteiger partial charge in [-0.05, 0) is 23.4 Å². The molecule has 0 radical (unpaired) electrons. The first-order valence-electron chi connectivity index (χ1n) is 4.59. The molecule has 0 aromatic heterocycles. The van der Waals surface area contributed by atoms with E-state index in [9.17, 15) is 0 Å². The lowest BCUT2D eigenvalue weighted by molar-refractivity contribution is 0.354. The minimum atomic E-state index is 0.700. The Morgan fingerprint density at radius 1 is 1.00 bits per heavy atom. The molecule has 1 heterocycles. The fraction of sp³-hybridized carbons (Fsp3) is 0.167. The van der Waals surface area contributed by atoms with E-state index in [1.54, 1.807) is 26.7 Å². The normalized spacial score (nSPS) is 12.7. The van der Waals surface area contributed by atoms with E-state index in [4.69, 9.17) is 14.2 Å². The van der Waals surface area contributed by atoms with Crippen molar-refractivity contribution in [3.8, 4) is 11.5 Å². The second-order valence-electron chi connectivity index (χ2n) is 3.09. The van der Waals surface area contributed by atoms with Gasteiger partial charge in [0.15, 0.2) is 11.5 Å². The largest absolute Gasteiger partial charge is 0.493 e. The molecule has 3 heteroatoms. The Balaban J connectivity index is 2.70. The summed E-state index contributed by atoms with van der Waals surface area (Å²) in [5.41, 5.74) is 0. The third kappa shape index (κ3) is 1.81. The first-order chi connectivity index (χ1) is 7.35. The number of rotatable bonds is 2. The van der Waals surface area contributed by atoms with Crippen LogP contribution in [0.5, 0.6) is 11.5 Å². The molecular formula is C12H12O3. The van der Waals surface area contributed by atoms with Crippen molar-refractivity contribution in [2.45, 2.75) is 0 Å². The van der Waals surface area contributed by atoms with Gasteiger partial charge < -0.3 is 14.2 Å². The fourth-order valence-corrected chi connectivity index (χ4v) is 1.46. The summed E-state index contributed by atoms with van der Waals surface area (Å²) >= 11 is 0. The summed E-state index contributed by atoms with van der Waals surface area (Å²) in [6, 6.07) is 3.81. The van der Waals surface area contributed by atoms with E-state index >= 15 is 0 Å². The van der Waals surface area contributed by atoms with Crippen LogP contribution >= 0.6 is 0 Å². The highest BCUT2D eigenvalue weighted by molar-refractivity contribution is 5.48. The molecule has 0 spiro atoms. The maximum absolute atomic E-state index is 5.22. The summed E-state index contributed by atoms with van der Waals surface area (Å²) in [5.74, 6) is 1.42. The highest BCUT2D eigenvalue weighted by Gasteiger charge is 2.03. The fourth-order valence-electron chi connectivity index (χ4n) is 1.46. The van der Waals surface area contributed by atoms with Crippen molar-refractivity contribution in [3.05, 3.63) is 34.9 Å². The number of methoxy groups -OCH3 is 2. The Hall–Kier alpha value is -1.90. The van der Waals surface area contributed by atoms with E-state index in [0.717, 1.165) is 16.2 Å². The molecule has 0 N–H and O–H groups in total. The van der Waals surface area contributed by atoms with Crippen molar-refractivity contribution in [1.82, 2.24) is 0 Å². The van der Waals surface area contributed by atoms with Crippen molar-refractivity contribution in [2.24, 2.45) is 0 Å². The van der Waals surface area contributed by atoms with Gasteiger partial charge in [-0.2, -0.15) is 0 Å². The van der Waals surface area contributed by atoms with Gasteiger partial charge in [-0.1, -0.05) is 6.08 Å². The molecule has 15 heavy (non-hydrogen) atoms. The second-order valence-corrected chi connectivity index (χ2v) is 3.09. The zero-order valence-corrected chi connectivity index (χ0v) is 8.69. The van der Waals surface area contributed by atoms with Gasteiger partial charge in [0.25, 0.3) is 0 Å². The molecule has 1 aliphatic rings. The molecule has 2 rings (SSSR count). The predicted octanol–water partition coefficient (Wildman–Crippen LogP) is 0.766. The van der Waals surface area contributed by atoms with Crippen molar-refractivity contribution in [3.63, 3.8) is 0 Å². The lowest BCUT2D eigenvalue weighted by Crippen LogP contribution is -2.24. The second kappa shape index (κ2) is 4.09. The zero-order valence-electron chi connectivity index (χ0n) is 8.69. The van der Waals surface area contributed by atoms with Gasteiger partial charge in [0.05, 0.1) is 26.7 Å². The lowest BCUT2D eigenvalue weighted by atomic mass is 10.2. The highest BCUT2D eigenvalue weighted by atomic mass is 16.5. The van der Waals surface area contributed by atoms with E-state index in [-0.39, 0.29) is 0 Å². The molecule has 1 aliphatic heterocycles. The van der Waals surface area contributed by atoms with Gasteiger partial charge in [-0.15, -0.1) is 0 Å². The number of fused-ring (bicyclic) bond motifs is 1. The summed E-state index contributed by atoms with van der Waals surface area (Å²) in [6.07, 6.45) is 7.10. The van der Waals surface area contributed by atoms with Crippen molar-refractivity contribution in [1.29, 1.82) is 0 Å². The molecule has 0 fully saturated rings. The Bertz CT molecular complexity index is 500. The van der Waals surface area contributed by atoms with Gasteiger partial charge >= 0.3 is 0 Å². The average Bonchev–Trinajstić information content (AvgIpc) is 2.51. The van der Waals surface area contributed by atoms with E-state index in [2.05, 4.69) is 0 Å². The quantitative estimate of drug-likeness (QED) is 0.712. The number of benzene rings is 1. The summed E-state index contributed by atoms with van der Waals surface area (Å²) in [4.78, 5) is 0. The Morgan fingerprint density at radius 2 is 1.67 bits per heavy atom. The molecular weight excluding hydrogens is 192 g/mol. The van der Waals surface area contributed by atoms with Crippen LogP contribution in [-0.2, 0) is 4.74 Å². The van der Waals surface area contributed by atoms with Gasteiger partial charge in [-0.25, -0.2) is 0 Å². The SMILES string of the molecule is COc1cc2c(cc1OC)=COC=CC=2. The Morgan fingerprint density at radius 3 is 2.33 bits per heavy atom. The van der Waals surface area contributed by atoms with Gasteiger partial charge in [0.1, 0.15) is 0 Å². The Labute approximate surface area is 87.9 Å². The van der Waals surface area contributed by atoms with Crippen LogP contribution < -0.4 is 19.9 Å². The molecule has 0 saturated heterocycles. The molecule has 0 bridgehead atoms. The molecule has 1 aromatic carbocycles. The molecule has 0 amide bonds. The summed E-state index contributed by atoms with van der Waals surface area (Å²) in [6.45, 7) is 0. The maximum Gasteiger partial charge on any atom is 0.161 e. The third-order valence-corrected chi connectivity index (χ3v) is 2.22. The van der Waals surface area contributed by atoms with Crippen LogP contribution in [0.2, 0.25) is 0 Å². The maximum atomic E-state index is 5.22. The van der Waals surface area contributed by atoms with E-state index in [0.29, 0.717) is 5.75 Å². The summed E-state index contributed by atoms with van der Waals surface area (Å²) in [5, 5.41) is 2.01. The summed E-state index contributed by atoms with van der Waals surface area (Å²) < 4.78 is 15.6. The smallest absolute Gasteiger partial charge is 0.161 e. The number of ether oxygens (including phenoxy) is 3. The monoisotopic (exact) mass is 204 g/mol. The topological polar surface area (TPSA) is 27.7 Å². The van der Waals surface area contributed by atoms with E-state index < -0.39 is 0 Å². The molecule has 0 saturated carbocycles.